The molecule has 1 aromatic rings. The third-order valence-corrected chi connectivity index (χ3v) is 3.61. The molecule has 1 amide bonds. The molecule has 4 nitrogen and oxygen atoms in total. The molecule has 1 heterocycles. The lowest BCUT2D eigenvalue weighted by atomic mass is 9.85. The van der Waals surface area contributed by atoms with E-state index in [1.165, 1.54) is 4.90 Å². The van der Waals surface area contributed by atoms with E-state index in [1.807, 2.05) is 26.8 Å². The maximum absolute atomic E-state index is 12.3. The maximum atomic E-state index is 12.3. The van der Waals surface area contributed by atoms with E-state index in [0.29, 0.717) is 12.0 Å². The highest BCUT2D eigenvalue weighted by atomic mass is 16.2. The summed E-state index contributed by atoms with van der Waals surface area (Å²) in [5.41, 5.74) is 1.51. The molecule has 0 saturated heterocycles. The second-order valence-corrected chi connectivity index (χ2v) is 5.18. The molecule has 0 aromatic heterocycles. The van der Waals surface area contributed by atoms with Crippen molar-refractivity contribution < 1.29 is 9.59 Å². The number of Topliss-reactive ketones (excluding diaryl/α,β-unsaturated/α-hetero) is 1. The number of nitrogens with zero attached hydrogens (tertiary/aromatic N) is 2. The summed E-state index contributed by atoms with van der Waals surface area (Å²) in [5.74, 6) is -0.0325. The molecule has 0 saturated carbocycles. The summed E-state index contributed by atoms with van der Waals surface area (Å²) >= 11 is 0. The number of amides is 1. The fourth-order valence-corrected chi connectivity index (χ4v) is 2.44. The van der Waals surface area contributed by atoms with Crippen molar-refractivity contribution in [3.63, 3.8) is 0 Å². The van der Waals surface area contributed by atoms with Crippen LogP contribution in [-0.2, 0) is 10.2 Å². The van der Waals surface area contributed by atoms with Crippen LogP contribution in [0.3, 0.4) is 0 Å². The predicted molar refractivity (Wildman–Crippen MR) is 72.1 cm³/mol. The number of carbonyl (C=O) groups is 2. The van der Waals surface area contributed by atoms with Crippen molar-refractivity contribution in [2.24, 2.45) is 0 Å². The van der Waals surface area contributed by atoms with Gasteiger partial charge in [-0.1, -0.05) is 6.92 Å². The highest BCUT2D eigenvalue weighted by molar-refractivity contribution is 6.09. The van der Waals surface area contributed by atoms with Crippen LogP contribution in [0, 0.1) is 11.3 Å². The van der Waals surface area contributed by atoms with E-state index in [4.69, 9.17) is 5.26 Å². The van der Waals surface area contributed by atoms with Gasteiger partial charge in [0.15, 0.2) is 5.78 Å². The van der Waals surface area contributed by atoms with Gasteiger partial charge < -0.3 is 0 Å². The second-order valence-electron chi connectivity index (χ2n) is 5.18. The Morgan fingerprint density at radius 3 is 2.68 bits per heavy atom. The van der Waals surface area contributed by atoms with Gasteiger partial charge in [0, 0.05) is 17.7 Å². The van der Waals surface area contributed by atoms with Gasteiger partial charge in [-0.2, -0.15) is 5.26 Å². The first-order valence-electron chi connectivity index (χ1n) is 6.30. The van der Waals surface area contributed by atoms with Gasteiger partial charge in [-0.05, 0) is 37.6 Å². The average Bonchev–Trinajstić information content (AvgIpc) is 2.59. The molecule has 0 atom stereocenters. The van der Waals surface area contributed by atoms with Crippen LogP contribution in [0.4, 0.5) is 5.69 Å². The number of ketones is 1. The van der Waals surface area contributed by atoms with Crippen LogP contribution in [0.1, 0.15) is 43.1 Å². The minimum Gasteiger partial charge on any atom is -0.298 e. The Morgan fingerprint density at radius 2 is 2.11 bits per heavy atom. The summed E-state index contributed by atoms with van der Waals surface area (Å²) in [6.07, 6.45) is 0.440. The summed E-state index contributed by atoms with van der Waals surface area (Å²) in [7, 11) is 0. The lowest BCUT2D eigenvalue weighted by Gasteiger charge is -2.17. The Bertz CT molecular complexity index is 597. The second kappa shape index (κ2) is 4.51. The fourth-order valence-electron chi connectivity index (χ4n) is 2.44. The molecule has 2 rings (SSSR count). The van der Waals surface area contributed by atoms with E-state index in [1.54, 1.807) is 18.2 Å². The number of nitriles is 1. The molecule has 1 aliphatic rings. The predicted octanol–water partition coefficient (Wildman–Crippen LogP) is 2.43. The van der Waals surface area contributed by atoms with Crippen LogP contribution in [0.15, 0.2) is 18.2 Å². The average molecular weight is 256 g/mol. The van der Waals surface area contributed by atoms with Crippen LogP contribution in [0.25, 0.3) is 0 Å². The Morgan fingerprint density at radius 1 is 1.42 bits per heavy atom. The molecular formula is C15H16N2O2. The van der Waals surface area contributed by atoms with Gasteiger partial charge in [0.25, 0.3) is 0 Å². The van der Waals surface area contributed by atoms with E-state index >= 15 is 0 Å². The van der Waals surface area contributed by atoms with E-state index < -0.39 is 5.41 Å². The zero-order valence-electron chi connectivity index (χ0n) is 11.4. The van der Waals surface area contributed by atoms with E-state index in [9.17, 15) is 9.59 Å². The lowest BCUT2D eigenvalue weighted by Crippen LogP contribution is -2.36. The van der Waals surface area contributed by atoms with Crippen molar-refractivity contribution >= 4 is 17.4 Å². The number of carbonyl (C=O) groups excluding carboxylic acids is 2. The Labute approximate surface area is 112 Å². The van der Waals surface area contributed by atoms with Crippen molar-refractivity contribution in [2.45, 2.75) is 32.6 Å². The molecule has 0 fully saturated rings. The van der Waals surface area contributed by atoms with E-state index in [-0.39, 0.29) is 18.2 Å². The first kappa shape index (κ1) is 13.3. The van der Waals surface area contributed by atoms with Gasteiger partial charge in [-0.25, -0.2) is 0 Å². The number of anilines is 1. The van der Waals surface area contributed by atoms with Crippen molar-refractivity contribution in [1.82, 2.24) is 0 Å². The highest BCUT2D eigenvalue weighted by Crippen LogP contribution is 2.41. The number of rotatable bonds is 3. The normalized spacial score (nSPS) is 16.1. The molecule has 0 radical (unpaired) electrons. The molecule has 19 heavy (non-hydrogen) atoms. The summed E-state index contributed by atoms with van der Waals surface area (Å²) in [6, 6.07) is 7.29. The monoisotopic (exact) mass is 256 g/mol. The van der Waals surface area contributed by atoms with Crippen LogP contribution in [-0.4, -0.2) is 18.2 Å². The Kier molecular flexibility index (Phi) is 3.15. The molecule has 0 bridgehead atoms. The van der Waals surface area contributed by atoms with E-state index in [2.05, 4.69) is 0 Å². The van der Waals surface area contributed by atoms with Crippen molar-refractivity contribution in [2.75, 3.05) is 11.4 Å². The van der Waals surface area contributed by atoms with Gasteiger partial charge in [0.1, 0.15) is 6.54 Å². The van der Waals surface area contributed by atoms with Crippen molar-refractivity contribution in [3.8, 4) is 6.07 Å². The Hall–Kier alpha value is -2.15. The van der Waals surface area contributed by atoms with Gasteiger partial charge >= 0.3 is 0 Å². The van der Waals surface area contributed by atoms with Crippen molar-refractivity contribution in [3.05, 3.63) is 29.3 Å². The number of fused-ring (bicyclic) bond motifs is 1. The minimum atomic E-state index is -0.684. The number of hydrogen-bond donors (Lipinski definition) is 0. The molecular weight excluding hydrogens is 240 g/mol. The largest absolute Gasteiger partial charge is 0.298 e. The molecule has 98 valence electrons. The van der Waals surface area contributed by atoms with Crippen molar-refractivity contribution in [1.29, 1.82) is 5.26 Å². The summed E-state index contributed by atoms with van der Waals surface area (Å²) in [5, 5.41) is 8.82. The highest BCUT2D eigenvalue weighted by Gasteiger charge is 2.43. The summed E-state index contributed by atoms with van der Waals surface area (Å²) < 4.78 is 0. The molecule has 1 aliphatic heterocycles. The molecule has 0 spiro atoms. The minimum absolute atomic E-state index is 0.0380. The zero-order chi connectivity index (χ0) is 14.2. The lowest BCUT2D eigenvalue weighted by molar-refractivity contribution is -0.121. The third kappa shape index (κ3) is 1.91. The third-order valence-electron chi connectivity index (χ3n) is 3.61. The van der Waals surface area contributed by atoms with Crippen LogP contribution in [0.2, 0.25) is 0 Å². The van der Waals surface area contributed by atoms with Crippen LogP contribution >= 0.6 is 0 Å². The standard InChI is InChI=1S/C15H16N2O2/c1-4-13(18)10-5-6-12-11(9-10)15(2,3)14(19)17(12)8-7-16/h5-6,9H,4,8H2,1-3H3. The molecule has 0 unspecified atom stereocenters. The fraction of sp³-hybridized carbons (Fsp3) is 0.400. The Balaban J connectivity index is 2.56. The number of hydrogen-bond acceptors (Lipinski definition) is 3. The van der Waals surface area contributed by atoms with E-state index in [0.717, 1.165) is 11.3 Å². The van der Waals surface area contributed by atoms with Gasteiger partial charge in [0.2, 0.25) is 5.91 Å². The molecule has 1 aromatic carbocycles. The van der Waals surface area contributed by atoms with Gasteiger partial charge in [0.05, 0.1) is 11.5 Å². The first-order chi connectivity index (χ1) is 8.93. The quantitative estimate of drug-likeness (QED) is 0.616. The zero-order valence-corrected chi connectivity index (χ0v) is 11.4. The SMILES string of the molecule is CCC(=O)c1ccc2c(c1)C(C)(C)C(=O)N2CC#N. The van der Waals surface area contributed by atoms with Crippen LogP contribution in [0.5, 0.6) is 0 Å². The summed E-state index contributed by atoms with van der Waals surface area (Å²) in [6.45, 7) is 5.50. The molecule has 0 aliphatic carbocycles. The maximum Gasteiger partial charge on any atom is 0.238 e. The van der Waals surface area contributed by atoms with Gasteiger partial charge in [-0.15, -0.1) is 0 Å². The molecule has 4 heteroatoms. The van der Waals surface area contributed by atoms with Crippen LogP contribution < -0.4 is 4.90 Å². The topological polar surface area (TPSA) is 61.2 Å². The number of benzene rings is 1. The summed E-state index contributed by atoms with van der Waals surface area (Å²) in [4.78, 5) is 25.6. The smallest absolute Gasteiger partial charge is 0.238 e. The first-order valence-corrected chi connectivity index (χ1v) is 6.30. The van der Waals surface area contributed by atoms with Gasteiger partial charge in [-0.3, -0.25) is 14.5 Å². The molecule has 0 N–H and O–H groups in total.